The molecule has 0 atom stereocenters. The molecule has 0 saturated carbocycles. The van der Waals surface area contributed by atoms with Gasteiger partial charge in [-0.05, 0) is 18.2 Å². The molecule has 5 heteroatoms. The molecule has 0 aliphatic heterocycles. The largest absolute Gasteiger partial charge is 0.349 e. The van der Waals surface area contributed by atoms with Gasteiger partial charge in [0.25, 0.3) is 5.69 Å². The summed E-state index contributed by atoms with van der Waals surface area (Å²) in [4.78, 5) is 10.7. The molecule has 0 heterocycles. The number of para-hydroxylation sites is 2. The third-order valence-electron chi connectivity index (χ3n) is 3.41. The summed E-state index contributed by atoms with van der Waals surface area (Å²) in [5.74, 6) is 0. The van der Waals surface area contributed by atoms with Gasteiger partial charge in [-0.2, -0.15) is 5.26 Å². The number of rotatable bonds is 3. The molecule has 0 aliphatic rings. The van der Waals surface area contributed by atoms with Crippen molar-refractivity contribution in [3.8, 4) is 6.07 Å². The minimum Gasteiger partial charge on any atom is -0.349 e. The molecule has 22 heavy (non-hydrogen) atoms. The highest BCUT2D eigenvalue weighted by Crippen LogP contribution is 2.32. The van der Waals surface area contributed by atoms with E-state index in [1.54, 1.807) is 30.3 Å². The van der Waals surface area contributed by atoms with Crippen LogP contribution in [0.1, 0.15) is 5.56 Å². The number of nitro groups is 1. The quantitative estimate of drug-likeness (QED) is 0.573. The Morgan fingerprint density at radius 2 is 1.59 bits per heavy atom. The number of nitro benzene ring substituents is 1. The molecule has 3 aromatic rings. The highest BCUT2D eigenvalue weighted by Gasteiger charge is 2.13. The smallest absolute Gasteiger partial charge is 0.292 e. The lowest BCUT2D eigenvalue weighted by molar-refractivity contribution is -0.383. The predicted octanol–water partition coefficient (Wildman–Crippen LogP) is 4.36. The van der Waals surface area contributed by atoms with E-state index in [9.17, 15) is 15.4 Å². The van der Waals surface area contributed by atoms with Crippen LogP contribution in [0.4, 0.5) is 17.1 Å². The van der Waals surface area contributed by atoms with Crippen molar-refractivity contribution in [3.05, 3.63) is 76.3 Å². The first-order chi connectivity index (χ1) is 10.7. The number of nitriles is 1. The molecule has 106 valence electrons. The first kappa shape index (κ1) is 13.6. The maximum Gasteiger partial charge on any atom is 0.292 e. The first-order valence-electron chi connectivity index (χ1n) is 6.63. The Balaban J connectivity index is 2.14. The van der Waals surface area contributed by atoms with E-state index >= 15 is 0 Å². The predicted molar refractivity (Wildman–Crippen MR) is 85.0 cm³/mol. The van der Waals surface area contributed by atoms with E-state index in [-0.39, 0.29) is 5.69 Å². The van der Waals surface area contributed by atoms with Gasteiger partial charge in [-0.15, -0.1) is 0 Å². The average Bonchev–Trinajstić information content (AvgIpc) is 2.55. The highest BCUT2D eigenvalue weighted by molar-refractivity contribution is 5.99. The summed E-state index contributed by atoms with van der Waals surface area (Å²) in [6.45, 7) is 0. The second-order valence-corrected chi connectivity index (χ2v) is 4.72. The molecule has 0 fully saturated rings. The van der Waals surface area contributed by atoms with Crippen LogP contribution >= 0.6 is 0 Å². The van der Waals surface area contributed by atoms with Crippen LogP contribution in [0.25, 0.3) is 10.8 Å². The van der Waals surface area contributed by atoms with Crippen molar-refractivity contribution in [1.82, 2.24) is 0 Å². The first-order valence-corrected chi connectivity index (χ1v) is 6.63. The van der Waals surface area contributed by atoms with Crippen LogP contribution in [0.3, 0.4) is 0 Å². The maximum absolute atomic E-state index is 11.1. The Morgan fingerprint density at radius 3 is 2.32 bits per heavy atom. The zero-order valence-electron chi connectivity index (χ0n) is 11.5. The van der Waals surface area contributed by atoms with Gasteiger partial charge in [-0.1, -0.05) is 36.4 Å². The van der Waals surface area contributed by atoms with E-state index in [1.807, 2.05) is 24.3 Å². The van der Waals surface area contributed by atoms with Gasteiger partial charge in [-0.3, -0.25) is 10.1 Å². The fraction of sp³-hybridized carbons (Fsp3) is 0. The van der Waals surface area contributed by atoms with Crippen LogP contribution in [-0.4, -0.2) is 4.92 Å². The van der Waals surface area contributed by atoms with Crippen molar-refractivity contribution in [2.24, 2.45) is 0 Å². The van der Waals surface area contributed by atoms with E-state index in [1.165, 1.54) is 6.07 Å². The summed E-state index contributed by atoms with van der Waals surface area (Å²) in [5.41, 5.74) is 1.73. The van der Waals surface area contributed by atoms with E-state index in [2.05, 4.69) is 11.4 Å². The molecule has 0 radical (unpaired) electrons. The number of benzene rings is 3. The lowest BCUT2D eigenvalue weighted by Crippen LogP contribution is -1.97. The molecule has 0 aliphatic carbocycles. The number of anilines is 2. The van der Waals surface area contributed by atoms with E-state index in [0.29, 0.717) is 11.3 Å². The molecule has 5 nitrogen and oxygen atoms in total. The lowest BCUT2D eigenvalue weighted by atomic mass is 10.0. The van der Waals surface area contributed by atoms with Gasteiger partial charge in [0.15, 0.2) is 0 Å². The molecule has 0 bridgehead atoms. The van der Waals surface area contributed by atoms with Crippen LogP contribution in [-0.2, 0) is 0 Å². The molecule has 3 rings (SSSR count). The monoisotopic (exact) mass is 289 g/mol. The van der Waals surface area contributed by atoms with Crippen LogP contribution in [0.2, 0.25) is 0 Å². The Bertz CT molecular complexity index is 913. The fourth-order valence-corrected chi connectivity index (χ4v) is 2.39. The van der Waals surface area contributed by atoms with Crippen molar-refractivity contribution in [3.63, 3.8) is 0 Å². The Labute approximate surface area is 126 Å². The molecule has 0 aromatic heterocycles. The lowest BCUT2D eigenvalue weighted by Gasteiger charge is -2.11. The van der Waals surface area contributed by atoms with Gasteiger partial charge in [0.2, 0.25) is 0 Å². The molecule has 0 saturated heterocycles. The van der Waals surface area contributed by atoms with Crippen molar-refractivity contribution in [1.29, 1.82) is 5.26 Å². The second-order valence-electron chi connectivity index (χ2n) is 4.72. The minimum atomic E-state index is -0.422. The van der Waals surface area contributed by atoms with Gasteiger partial charge >= 0.3 is 0 Å². The number of fused-ring (bicyclic) bond motifs is 1. The maximum atomic E-state index is 11.1. The van der Waals surface area contributed by atoms with E-state index < -0.39 is 4.92 Å². The summed E-state index contributed by atoms with van der Waals surface area (Å²) in [5, 5.41) is 25.0. The van der Waals surface area contributed by atoms with E-state index in [0.717, 1.165) is 16.5 Å². The third-order valence-corrected chi connectivity index (χ3v) is 3.41. The minimum absolute atomic E-state index is 0.0101. The van der Waals surface area contributed by atoms with Gasteiger partial charge in [0.05, 0.1) is 16.6 Å². The van der Waals surface area contributed by atoms with Crippen molar-refractivity contribution in [2.45, 2.75) is 0 Å². The fourth-order valence-electron chi connectivity index (χ4n) is 2.39. The summed E-state index contributed by atoms with van der Waals surface area (Å²) in [6, 6.07) is 19.6. The molecule has 3 aromatic carbocycles. The Hall–Kier alpha value is -3.39. The number of hydrogen-bond donors (Lipinski definition) is 1. The van der Waals surface area contributed by atoms with Crippen molar-refractivity contribution >= 4 is 27.8 Å². The van der Waals surface area contributed by atoms with Gasteiger partial charge in [0.1, 0.15) is 5.69 Å². The standard InChI is InChI=1S/C17H11N3O2/c18-11-12-9-10-15(14-6-2-1-5-13(12)14)19-16-7-3-4-8-17(16)20(21)22/h1-10,19H. The van der Waals surface area contributed by atoms with Gasteiger partial charge in [-0.25, -0.2) is 0 Å². The van der Waals surface area contributed by atoms with Crippen LogP contribution in [0.15, 0.2) is 60.7 Å². The number of hydrogen-bond acceptors (Lipinski definition) is 4. The van der Waals surface area contributed by atoms with Crippen molar-refractivity contribution in [2.75, 3.05) is 5.32 Å². The molecular formula is C17H11N3O2. The van der Waals surface area contributed by atoms with Crippen LogP contribution in [0, 0.1) is 21.4 Å². The average molecular weight is 289 g/mol. The van der Waals surface area contributed by atoms with Crippen LogP contribution < -0.4 is 5.32 Å². The second kappa shape index (κ2) is 5.54. The molecule has 0 amide bonds. The summed E-state index contributed by atoms with van der Waals surface area (Å²) < 4.78 is 0. The molecule has 0 spiro atoms. The third kappa shape index (κ3) is 2.34. The summed E-state index contributed by atoms with van der Waals surface area (Å²) in [7, 11) is 0. The Morgan fingerprint density at radius 1 is 0.909 bits per heavy atom. The van der Waals surface area contributed by atoms with E-state index in [4.69, 9.17) is 0 Å². The molecular weight excluding hydrogens is 278 g/mol. The topological polar surface area (TPSA) is 79.0 Å². The van der Waals surface area contributed by atoms with Crippen molar-refractivity contribution < 1.29 is 4.92 Å². The zero-order chi connectivity index (χ0) is 15.5. The zero-order valence-corrected chi connectivity index (χ0v) is 11.5. The Kier molecular flexibility index (Phi) is 3.42. The van der Waals surface area contributed by atoms with Crippen LogP contribution in [0.5, 0.6) is 0 Å². The number of nitrogens with one attached hydrogen (secondary N) is 1. The summed E-state index contributed by atoms with van der Waals surface area (Å²) in [6.07, 6.45) is 0. The summed E-state index contributed by atoms with van der Waals surface area (Å²) >= 11 is 0. The molecule has 0 unspecified atom stereocenters. The normalized spacial score (nSPS) is 10.1. The number of nitrogens with zero attached hydrogens (tertiary/aromatic N) is 2. The molecule has 1 N–H and O–H groups in total. The van der Waals surface area contributed by atoms with Gasteiger partial charge < -0.3 is 5.32 Å². The SMILES string of the molecule is N#Cc1ccc(Nc2ccccc2[N+](=O)[O-])c2ccccc12. The van der Waals surface area contributed by atoms with Gasteiger partial charge in [0, 0.05) is 22.5 Å². The highest BCUT2D eigenvalue weighted by atomic mass is 16.6.